The summed E-state index contributed by atoms with van der Waals surface area (Å²) in [6.07, 6.45) is 5.92. The first-order chi connectivity index (χ1) is 13.5. The predicted octanol–water partition coefficient (Wildman–Crippen LogP) is 4.23. The summed E-state index contributed by atoms with van der Waals surface area (Å²) < 4.78 is 0. The van der Waals surface area contributed by atoms with Gasteiger partial charge in [0.05, 0.1) is 17.7 Å². The highest BCUT2D eigenvalue weighted by Gasteiger charge is 2.47. The highest BCUT2D eigenvalue weighted by molar-refractivity contribution is 7.10. The van der Waals surface area contributed by atoms with E-state index in [1.54, 1.807) is 11.3 Å². The minimum Gasteiger partial charge on any atom is -0.388 e. The van der Waals surface area contributed by atoms with E-state index in [9.17, 15) is 9.90 Å². The van der Waals surface area contributed by atoms with Crippen LogP contribution in [0, 0.1) is 5.92 Å². The van der Waals surface area contributed by atoms with E-state index in [2.05, 4.69) is 27.7 Å². The summed E-state index contributed by atoms with van der Waals surface area (Å²) in [6.45, 7) is 3.79. The average molecular weight is 399 g/mol. The molecule has 0 unspecified atom stereocenters. The topological polar surface area (TPSA) is 52.6 Å². The zero-order valence-corrected chi connectivity index (χ0v) is 17.3. The van der Waals surface area contributed by atoms with Crippen molar-refractivity contribution in [2.45, 2.75) is 56.7 Å². The zero-order chi connectivity index (χ0) is 19.6. The standard InChI is InChI=1S/C23H30N2O2S/c1-23(27)13-14-25(16-17-8-5-6-9-17)20(19-12-7-15-28-19)21(23)24-22(26)18-10-3-2-4-11-18/h2-4,7,10-12,15,17,20-21,27H,5-6,8-9,13-14,16H2,1H3,(H,24,26)/t20-,21-,23+/m0/s1. The molecule has 28 heavy (non-hydrogen) atoms. The van der Waals surface area contributed by atoms with Gasteiger partial charge in [0.15, 0.2) is 0 Å². The van der Waals surface area contributed by atoms with Gasteiger partial charge in [-0.3, -0.25) is 9.69 Å². The first kappa shape index (κ1) is 19.6. The molecule has 1 aromatic heterocycles. The lowest BCUT2D eigenvalue weighted by Crippen LogP contribution is -2.62. The number of nitrogens with zero attached hydrogens (tertiary/aromatic N) is 1. The number of amides is 1. The Bertz CT molecular complexity index is 769. The van der Waals surface area contributed by atoms with E-state index in [1.165, 1.54) is 30.6 Å². The van der Waals surface area contributed by atoms with Crippen molar-refractivity contribution in [2.75, 3.05) is 13.1 Å². The van der Waals surface area contributed by atoms with Crippen molar-refractivity contribution < 1.29 is 9.90 Å². The molecule has 4 rings (SSSR count). The van der Waals surface area contributed by atoms with Gasteiger partial charge in [0.2, 0.25) is 0 Å². The van der Waals surface area contributed by atoms with Crippen LogP contribution in [-0.4, -0.2) is 40.6 Å². The van der Waals surface area contributed by atoms with Crippen molar-refractivity contribution in [1.82, 2.24) is 10.2 Å². The van der Waals surface area contributed by atoms with Crippen LogP contribution in [0.2, 0.25) is 0 Å². The van der Waals surface area contributed by atoms with E-state index in [0.29, 0.717) is 12.0 Å². The van der Waals surface area contributed by atoms with Crippen molar-refractivity contribution >= 4 is 17.2 Å². The predicted molar refractivity (Wildman–Crippen MR) is 114 cm³/mol. The Balaban J connectivity index is 1.61. The number of thiophene rings is 1. The van der Waals surface area contributed by atoms with Crippen LogP contribution in [0.3, 0.4) is 0 Å². The maximum atomic E-state index is 12.9. The molecule has 0 radical (unpaired) electrons. The van der Waals surface area contributed by atoms with Crippen molar-refractivity contribution in [1.29, 1.82) is 0 Å². The van der Waals surface area contributed by atoms with E-state index in [-0.39, 0.29) is 18.0 Å². The second kappa shape index (κ2) is 8.36. The third-order valence-corrected chi connectivity index (χ3v) is 7.35. The number of carbonyl (C=O) groups excluding carboxylic acids is 1. The Morgan fingerprint density at radius 2 is 1.96 bits per heavy atom. The summed E-state index contributed by atoms with van der Waals surface area (Å²) >= 11 is 1.71. The van der Waals surface area contributed by atoms with E-state index in [4.69, 9.17) is 0 Å². The molecule has 2 aromatic rings. The molecule has 0 bridgehead atoms. The molecule has 0 spiro atoms. The first-order valence-electron chi connectivity index (χ1n) is 10.4. The Hall–Kier alpha value is -1.69. The van der Waals surface area contributed by atoms with Crippen LogP contribution < -0.4 is 5.32 Å². The van der Waals surface area contributed by atoms with Gasteiger partial charge in [-0.1, -0.05) is 37.1 Å². The van der Waals surface area contributed by atoms with Crippen LogP contribution in [0.4, 0.5) is 0 Å². The van der Waals surface area contributed by atoms with Gasteiger partial charge in [-0.05, 0) is 55.7 Å². The summed E-state index contributed by atoms with van der Waals surface area (Å²) in [7, 11) is 0. The first-order valence-corrected chi connectivity index (χ1v) is 11.3. The molecule has 2 aliphatic rings. The number of carbonyl (C=O) groups is 1. The molecule has 2 N–H and O–H groups in total. The number of aliphatic hydroxyl groups is 1. The molecular formula is C23H30N2O2S. The number of rotatable bonds is 5. The Kier molecular flexibility index (Phi) is 5.85. The number of nitrogens with one attached hydrogen (secondary N) is 1. The highest BCUT2D eigenvalue weighted by atomic mass is 32.1. The highest BCUT2D eigenvalue weighted by Crippen LogP contribution is 2.40. The molecule has 1 amide bonds. The van der Waals surface area contributed by atoms with Crippen LogP contribution in [0.25, 0.3) is 0 Å². The van der Waals surface area contributed by atoms with Gasteiger partial charge in [0.1, 0.15) is 0 Å². The monoisotopic (exact) mass is 398 g/mol. The van der Waals surface area contributed by atoms with Gasteiger partial charge in [-0.25, -0.2) is 0 Å². The molecule has 5 heteroatoms. The van der Waals surface area contributed by atoms with Crippen LogP contribution in [-0.2, 0) is 0 Å². The van der Waals surface area contributed by atoms with E-state index in [0.717, 1.165) is 19.0 Å². The van der Waals surface area contributed by atoms with Gasteiger partial charge < -0.3 is 10.4 Å². The third kappa shape index (κ3) is 4.17. The van der Waals surface area contributed by atoms with E-state index in [1.807, 2.05) is 37.3 Å². The largest absolute Gasteiger partial charge is 0.388 e. The van der Waals surface area contributed by atoms with Crippen LogP contribution >= 0.6 is 11.3 Å². The van der Waals surface area contributed by atoms with Crippen LogP contribution in [0.15, 0.2) is 47.8 Å². The van der Waals surface area contributed by atoms with Gasteiger partial charge in [-0.15, -0.1) is 11.3 Å². The normalized spacial score (nSPS) is 29.1. The summed E-state index contributed by atoms with van der Waals surface area (Å²) in [4.78, 5) is 16.7. The van der Waals surface area contributed by atoms with Gasteiger partial charge in [0.25, 0.3) is 5.91 Å². The number of piperidine rings is 1. The lowest BCUT2D eigenvalue weighted by Gasteiger charge is -2.49. The van der Waals surface area contributed by atoms with Gasteiger partial charge >= 0.3 is 0 Å². The maximum absolute atomic E-state index is 12.9. The smallest absolute Gasteiger partial charge is 0.251 e. The van der Waals surface area contributed by atoms with E-state index < -0.39 is 5.60 Å². The molecule has 150 valence electrons. The molecule has 2 fully saturated rings. The van der Waals surface area contributed by atoms with Gasteiger partial charge in [-0.2, -0.15) is 0 Å². The van der Waals surface area contributed by atoms with Crippen LogP contribution in [0.5, 0.6) is 0 Å². The molecule has 3 atom stereocenters. The van der Waals surface area contributed by atoms with Gasteiger partial charge in [0, 0.05) is 23.5 Å². The molecular weight excluding hydrogens is 368 g/mol. The van der Waals surface area contributed by atoms with Crippen molar-refractivity contribution in [3.05, 3.63) is 58.3 Å². The van der Waals surface area contributed by atoms with Crippen molar-refractivity contribution in [3.63, 3.8) is 0 Å². The molecule has 1 aliphatic carbocycles. The molecule has 2 heterocycles. The van der Waals surface area contributed by atoms with Crippen molar-refractivity contribution in [3.8, 4) is 0 Å². The molecule has 1 saturated heterocycles. The number of benzene rings is 1. The molecule has 1 aliphatic heterocycles. The summed E-state index contributed by atoms with van der Waals surface area (Å²) in [5, 5.41) is 16.5. The number of likely N-dealkylation sites (tertiary alicyclic amines) is 1. The number of hydrogen-bond acceptors (Lipinski definition) is 4. The third-order valence-electron chi connectivity index (χ3n) is 6.41. The Morgan fingerprint density at radius 1 is 1.21 bits per heavy atom. The summed E-state index contributed by atoms with van der Waals surface area (Å²) in [5.74, 6) is 0.617. The average Bonchev–Trinajstić information content (AvgIpc) is 3.39. The quantitative estimate of drug-likeness (QED) is 0.792. The van der Waals surface area contributed by atoms with E-state index >= 15 is 0 Å². The minimum absolute atomic E-state index is 0.0111. The fourth-order valence-corrected chi connectivity index (χ4v) is 5.69. The molecule has 1 saturated carbocycles. The Labute approximate surface area is 171 Å². The lowest BCUT2D eigenvalue weighted by molar-refractivity contribution is -0.0663. The second-order valence-electron chi connectivity index (χ2n) is 8.53. The fraction of sp³-hybridized carbons (Fsp3) is 0.522. The summed E-state index contributed by atoms with van der Waals surface area (Å²) in [5.41, 5.74) is -0.304. The van der Waals surface area contributed by atoms with Crippen molar-refractivity contribution in [2.24, 2.45) is 5.92 Å². The second-order valence-corrected chi connectivity index (χ2v) is 9.51. The number of hydrogen-bond donors (Lipinski definition) is 2. The fourth-order valence-electron chi connectivity index (χ4n) is 4.80. The summed E-state index contributed by atoms with van der Waals surface area (Å²) in [6, 6.07) is 13.2. The zero-order valence-electron chi connectivity index (χ0n) is 16.5. The molecule has 4 nitrogen and oxygen atoms in total. The SMILES string of the molecule is C[C@@]1(O)CCN(CC2CCCC2)[C@@H](c2cccs2)[C@@H]1NC(=O)c1ccccc1. The Morgan fingerprint density at radius 3 is 2.64 bits per heavy atom. The molecule has 1 aromatic carbocycles. The van der Waals surface area contributed by atoms with Crippen LogP contribution in [0.1, 0.15) is 60.3 Å². The lowest BCUT2D eigenvalue weighted by atomic mass is 9.81. The maximum Gasteiger partial charge on any atom is 0.251 e. The minimum atomic E-state index is -0.939.